The van der Waals surface area contributed by atoms with E-state index in [0.717, 1.165) is 6.07 Å². The summed E-state index contributed by atoms with van der Waals surface area (Å²) in [6.07, 6.45) is 3.04. The minimum atomic E-state index is -2.44. The van der Waals surface area contributed by atoms with Crippen molar-refractivity contribution in [2.45, 2.75) is 26.3 Å². The summed E-state index contributed by atoms with van der Waals surface area (Å²) in [5.74, 6) is -2.59. The molecule has 0 bridgehead atoms. The third kappa shape index (κ3) is 5.86. The van der Waals surface area contributed by atoms with E-state index in [-0.39, 0.29) is 45.2 Å². The Morgan fingerprint density at radius 2 is 1.81 bits per heavy atom. The van der Waals surface area contributed by atoms with Gasteiger partial charge in [0.1, 0.15) is 24.7 Å². The summed E-state index contributed by atoms with van der Waals surface area (Å²) in [4.78, 5) is 16.9. The third-order valence-electron chi connectivity index (χ3n) is 5.51. The second kappa shape index (κ2) is 10.6. The van der Waals surface area contributed by atoms with Crippen LogP contribution < -0.4 is 10.1 Å². The Labute approximate surface area is 216 Å². The largest absolute Gasteiger partial charge is 0.456 e. The highest BCUT2D eigenvalue weighted by Gasteiger charge is 2.22. The van der Waals surface area contributed by atoms with E-state index in [4.69, 9.17) is 16.3 Å². The molecule has 194 valence electrons. The number of hydrogen-bond acceptors (Lipinski definition) is 7. The molecule has 37 heavy (non-hydrogen) atoms. The van der Waals surface area contributed by atoms with Gasteiger partial charge in [0.15, 0.2) is 17.5 Å². The summed E-state index contributed by atoms with van der Waals surface area (Å²) < 4.78 is 60.7. The van der Waals surface area contributed by atoms with Crippen molar-refractivity contribution in [3.05, 3.63) is 70.4 Å². The second-order valence-electron chi connectivity index (χ2n) is 8.92. The van der Waals surface area contributed by atoms with Crippen LogP contribution >= 0.6 is 18.7 Å². The summed E-state index contributed by atoms with van der Waals surface area (Å²) in [7, 11) is -2.44. The van der Waals surface area contributed by atoms with Gasteiger partial charge < -0.3 is 14.6 Å². The minimum Gasteiger partial charge on any atom is -0.456 e. The molecule has 0 aliphatic heterocycles. The molecule has 0 radical (unpaired) electrons. The van der Waals surface area contributed by atoms with Crippen LogP contribution in [0.15, 0.2) is 36.7 Å². The van der Waals surface area contributed by atoms with Gasteiger partial charge in [-0.15, -0.1) is 0 Å². The summed E-state index contributed by atoms with van der Waals surface area (Å²) in [5.41, 5.74) is 1.50. The highest BCUT2D eigenvalue weighted by Crippen LogP contribution is 2.38. The zero-order valence-corrected chi connectivity index (χ0v) is 22.2. The van der Waals surface area contributed by atoms with Crippen molar-refractivity contribution in [2.75, 3.05) is 25.0 Å². The van der Waals surface area contributed by atoms with Crippen molar-refractivity contribution >= 4 is 35.5 Å². The van der Waals surface area contributed by atoms with Gasteiger partial charge in [-0.05, 0) is 32.7 Å². The number of nitrogens with zero attached hydrogens (tertiary/aromatic N) is 4. The molecule has 0 aliphatic carbocycles. The SMILES string of the molecule is CC[C@@H](Nc1c(Cl)c(C)nc2cc(F)c(-c3cnc(OCP(C)(C)=O)nc3)nc12)c1cccc(F)c1F. The number of pyridine rings is 2. The molecule has 7 nitrogen and oxygen atoms in total. The molecule has 4 rings (SSSR count). The summed E-state index contributed by atoms with van der Waals surface area (Å²) >= 11 is 6.57. The fourth-order valence-electron chi connectivity index (χ4n) is 3.69. The first kappa shape index (κ1) is 26.8. The van der Waals surface area contributed by atoms with Crippen molar-refractivity contribution in [1.29, 1.82) is 0 Å². The molecule has 0 amide bonds. The first-order valence-electron chi connectivity index (χ1n) is 11.3. The van der Waals surface area contributed by atoms with Gasteiger partial charge in [-0.25, -0.2) is 33.1 Å². The van der Waals surface area contributed by atoms with E-state index in [2.05, 4.69) is 25.3 Å². The van der Waals surface area contributed by atoms with Gasteiger partial charge in [-0.2, -0.15) is 0 Å². The van der Waals surface area contributed by atoms with Gasteiger partial charge >= 0.3 is 6.01 Å². The first-order chi connectivity index (χ1) is 17.5. The van der Waals surface area contributed by atoms with Gasteiger partial charge in [0, 0.05) is 29.6 Å². The molecule has 12 heteroatoms. The van der Waals surface area contributed by atoms with Crippen molar-refractivity contribution in [1.82, 2.24) is 19.9 Å². The van der Waals surface area contributed by atoms with E-state index in [0.29, 0.717) is 17.8 Å². The lowest BCUT2D eigenvalue weighted by Crippen LogP contribution is -2.14. The fourth-order valence-corrected chi connectivity index (χ4v) is 4.30. The standard InChI is InChI=1S/C25H24ClF3N5O2P/c1-5-18(15-7-6-8-16(27)21(15)29)33-24-20(26)13(2)32-19-9-17(28)22(34-23(19)24)14-10-30-25(31-11-14)36-12-37(3,4)35/h6-11,18H,5,12H2,1-4H3,(H,32,33)/t18-/m1/s1. The van der Waals surface area contributed by atoms with Crippen LogP contribution in [-0.2, 0) is 4.57 Å². The van der Waals surface area contributed by atoms with E-state index in [1.807, 2.05) is 6.92 Å². The topological polar surface area (TPSA) is 89.9 Å². The number of benzene rings is 1. The van der Waals surface area contributed by atoms with Gasteiger partial charge in [-0.1, -0.05) is 30.7 Å². The number of ether oxygens (including phenoxy) is 1. The number of anilines is 1. The maximum Gasteiger partial charge on any atom is 0.316 e. The molecule has 0 aliphatic rings. The van der Waals surface area contributed by atoms with Crippen molar-refractivity contribution in [2.24, 2.45) is 0 Å². The molecular formula is C25H24ClF3N5O2P. The van der Waals surface area contributed by atoms with Crippen LogP contribution in [0.4, 0.5) is 18.9 Å². The maximum atomic E-state index is 15.1. The van der Waals surface area contributed by atoms with E-state index in [1.165, 1.54) is 30.6 Å². The Balaban J connectivity index is 1.77. The monoisotopic (exact) mass is 549 g/mol. The van der Waals surface area contributed by atoms with E-state index < -0.39 is 30.6 Å². The zero-order valence-electron chi connectivity index (χ0n) is 20.5. The summed E-state index contributed by atoms with van der Waals surface area (Å²) in [5, 5.41) is 3.38. The molecule has 4 aromatic rings. The highest BCUT2D eigenvalue weighted by atomic mass is 35.5. The Morgan fingerprint density at radius 3 is 2.46 bits per heavy atom. The highest BCUT2D eigenvalue weighted by molar-refractivity contribution is 7.62. The number of hydrogen-bond donors (Lipinski definition) is 1. The Hall–Kier alpha value is -3.23. The molecule has 0 unspecified atom stereocenters. The molecule has 3 heterocycles. The van der Waals surface area contributed by atoms with Crippen molar-refractivity contribution in [3.63, 3.8) is 0 Å². The molecule has 0 saturated heterocycles. The molecule has 3 aromatic heterocycles. The van der Waals surface area contributed by atoms with Gasteiger partial charge in [0.2, 0.25) is 0 Å². The number of halogens is 4. The lowest BCUT2D eigenvalue weighted by atomic mass is 10.0. The van der Waals surface area contributed by atoms with Crippen LogP contribution in [0.25, 0.3) is 22.3 Å². The average Bonchev–Trinajstić information content (AvgIpc) is 2.85. The number of nitrogens with one attached hydrogen (secondary N) is 1. The number of aryl methyl sites for hydroxylation is 1. The van der Waals surface area contributed by atoms with Gasteiger partial charge in [0.05, 0.1) is 28.0 Å². The van der Waals surface area contributed by atoms with E-state index >= 15 is 4.39 Å². The third-order valence-corrected chi connectivity index (χ3v) is 6.72. The quantitative estimate of drug-likeness (QED) is 0.237. The second-order valence-corrected chi connectivity index (χ2v) is 12.7. The van der Waals surface area contributed by atoms with Crippen LogP contribution in [0.3, 0.4) is 0 Å². The van der Waals surface area contributed by atoms with Crippen LogP contribution in [0.1, 0.15) is 30.6 Å². The van der Waals surface area contributed by atoms with Crippen LogP contribution in [0.2, 0.25) is 5.02 Å². The van der Waals surface area contributed by atoms with Crippen LogP contribution in [0, 0.1) is 24.4 Å². The molecule has 0 spiro atoms. The predicted octanol–water partition coefficient (Wildman–Crippen LogP) is 6.99. The van der Waals surface area contributed by atoms with Crippen molar-refractivity contribution < 1.29 is 22.5 Å². The van der Waals surface area contributed by atoms with Crippen molar-refractivity contribution in [3.8, 4) is 17.3 Å². The number of fused-ring (bicyclic) bond motifs is 1. The molecule has 0 fully saturated rings. The molecule has 1 atom stereocenters. The number of aromatic nitrogens is 4. The van der Waals surface area contributed by atoms with Gasteiger partial charge in [0.25, 0.3) is 0 Å². The average molecular weight is 550 g/mol. The Kier molecular flexibility index (Phi) is 7.71. The zero-order chi connectivity index (χ0) is 26.9. The van der Waals surface area contributed by atoms with Crippen LogP contribution in [-0.4, -0.2) is 39.6 Å². The maximum absolute atomic E-state index is 15.1. The van der Waals surface area contributed by atoms with E-state index in [9.17, 15) is 13.3 Å². The molecule has 0 saturated carbocycles. The van der Waals surface area contributed by atoms with E-state index in [1.54, 1.807) is 20.3 Å². The first-order valence-corrected chi connectivity index (χ1v) is 14.5. The predicted molar refractivity (Wildman–Crippen MR) is 138 cm³/mol. The lowest BCUT2D eigenvalue weighted by Gasteiger charge is -2.22. The molecule has 1 N–H and O–H groups in total. The Bertz CT molecular complexity index is 1520. The molecule has 1 aromatic carbocycles. The molecular weight excluding hydrogens is 526 g/mol. The fraction of sp³-hybridized carbons (Fsp3) is 0.280. The number of rotatable bonds is 8. The summed E-state index contributed by atoms with van der Waals surface area (Å²) in [6, 6.07) is 4.52. The van der Waals surface area contributed by atoms with Crippen LogP contribution in [0.5, 0.6) is 6.01 Å². The smallest absolute Gasteiger partial charge is 0.316 e. The van der Waals surface area contributed by atoms with Gasteiger partial charge in [-0.3, -0.25) is 0 Å². The normalized spacial score (nSPS) is 12.5. The minimum absolute atomic E-state index is 0.000489. The summed E-state index contributed by atoms with van der Waals surface area (Å²) in [6.45, 7) is 6.62. The lowest BCUT2D eigenvalue weighted by molar-refractivity contribution is 0.348. The Morgan fingerprint density at radius 1 is 1.11 bits per heavy atom.